The summed E-state index contributed by atoms with van der Waals surface area (Å²) in [5, 5.41) is 3.28. The van der Waals surface area contributed by atoms with Crippen molar-refractivity contribution in [3.63, 3.8) is 0 Å². The Kier molecular flexibility index (Phi) is 4.50. The summed E-state index contributed by atoms with van der Waals surface area (Å²) >= 11 is 0. The van der Waals surface area contributed by atoms with E-state index < -0.39 is 0 Å². The predicted octanol–water partition coefficient (Wildman–Crippen LogP) is 1.44. The van der Waals surface area contributed by atoms with Crippen LogP contribution < -0.4 is 5.32 Å². The average molecular weight is 159 g/mol. The second-order valence-corrected chi connectivity index (χ2v) is 2.86. The van der Waals surface area contributed by atoms with Gasteiger partial charge in [0.15, 0.2) is 0 Å². The SMILES string of the molecule is CCCCNC1CCCOO1. The monoisotopic (exact) mass is 159 g/mol. The Morgan fingerprint density at radius 1 is 1.55 bits per heavy atom. The van der Waals surface area contributed by atoms with Crippen LogP contribution in [0.25, 0.3) is 0 Å². The lowest BCUT2D eigenvalue weighted by Crippen LogP contribution is -2.35. The summed E-state index contributed by atoms with van der Waals surface area (Å²) in [6.07, 6.45) is 4.74. The lowest BCUT2D eigenvalue weighted by molar-refractivity contribution is -0.350. The van der Waals surface area contributed by atoms with Crippen LogP contribution in [0.5, 0.6) is 0 Å². The van der Waals surface area contributed by atoms with Crippen LogP contribution >= 0.6 is 0 Å². The molecule has 1 atom stereocenters. The van der Waals surface area contributed by atoms with E-state index in [2.05, 4.69) is 12.2 Å². The molecule has 1 fully saturated rings. The molecule has 0 saturated carbocycles. The molecule has 1 saturated heterocycles. The molecule has 66 valence electrons. The third-order valence-corrected chi connectivity index (χ3v) is 1.78. The number of rotatable bonds is 4. The molecular formula is C8H17NO2. The van der Waals surface area contributed by atoms with Crippen molar-refractivity contribution < 1.29 is 9.78 Å². The van der Waals surface area contributed by atoms with Crippen LogP contribution in [0, 0.1) is 0 Å². The topological polar surface area (TPSA) is 30.5 Å². The van der Waals surface area contributed by atoms with Gasteiger partial charge >= 0.3 is 0 Å². The van der Waals surface area contributed by atoms with Gasteiger partial charge in [-0.25, -0.2) is 9.78 Å². The molecule has 0 amide bonds. The van der Waals surface area contributed by atoms with E-state index in [4.69, 9.17) is 9.78 Å². The number of unbranched alkanes of at least 4 members (excludes halogenated alkanes) is 1. The fourth-order valence-electron chi connectivity index (χ4n) is 1.08. The normalized spacial score (nSPS) is 25.4. The molecule has 1 N–H and O–H groups in total. The van der Waals surface area contributed by atoms with Gasteiger partial charge < -0.3 is 0 Å². The van der Waals surface area contributed by atoms with E-state index in [-0.39, 0.29) is 6.23 Å². The summed E-state index contributed by atoms with van der Waals surface area (Å²) in [6, 6.07) is 0. The highest BCUT2D eigenvalue weighted by Gasteiger charge is 2.13. The molecule has 0 aromatic rings. The molecule has 1 unspecified atom stereocenters. The zero-order valence-electron chi connectivity index (χ0n) is 7.14. The van der Waals surface area contributed by atoms with Crippen molar-refractivity contribution in [3.8, 4) is 0 Å². The Balaban J connectivity index is 1.96. The highest BCUT2D eigenvalue weighted by atomic mass is 17.2. The first-order chi connectivity index (χ1) is 5.43. The van der Waals surface area contributed by atoms with E-state index in [1.807, 2.05) is 0 Å². The van der Waals surface area contributed by atoms with Gasteiger partial charge in [-0.05, 0) is 25.8 Å². The molecule has 1 aliphatic rings. The molecule has 1 rings (SSSR count). The molecule has 11 heavy (non-hydrogen) atoms. The zero-order chi connectivity index (χ0) is 7.94. The van der Waals surface area contributed by atoms with Crippen LogP contribution in [0.2, 0.25) is 0 Å². The molecule has 0 spiro atoms. The predicted molar refractivity (Wildman–Crippen MR) is 43.0 cm³/mol. The standard InChI is InChI=1S/C8H17NO2/c1-2-3-6-9-8-5-4-7-10-11-8/h8-9H,2-7H2,1H3. The molecule has 0 aromatic heterocycles. The van der Waals surface area contributed by atoms with Crippen molar-refractivity contribution in [3.05, 3.63) is 0 Å². The van der Waals surface area contributed by atoms with Crippen molar-refractivity contribution >= 4 is 0 Å². The van der Waals surface area contributed by atoms with Gasteiger partial charge in [0.25, 0.3) is 0 Å². The van der Waals surface area contributed by atoms with Crippen LogP contribution in [0.3, 0.4) is 0 Å². The highest BCUT2D eigenvalue weighted by Crippen LogP contribution is 2.06. The second-order valence-electron chi connectivity index (χ2n) is 2.86. The molecular weight excluding hydrogens is 142 g/mol. The molecule has 1 aliphatic heterocycles. The minimum absolute atomic E-state index is 0.135. The first-order valence-electron chi connectivity index (χ1n) is 4.45. The highest BCUT2D eigenvalue weighted by molar-refractivity contribution is 4.56. The third-order valence-electron chi connectivity index (χ3n) is 1.78. The second kappa shape index (κ2) is 5.52. The minimum atomic E-state index is 0.135. The van der Waals surface area contributed by atoms with Gasteiger partial charge in [-0.3, -0.25) is 5.32 Å². The van der Waals surface area contributed by atoms with E-state index in [9.17, 15) is 0 Å². The van der Waals surface area contributed by atoms with Crippen molar-refractivity contribution in [1.29, 1.82) is 0 Å². The van der Waals surface area contributed by atoms with Gasteiger partial charge in [0.2, 0.25) is 0 Å². The van der Waals surface area contributed by atoms with Gasteiger partial charge in [0, 0.05) is 0 Å². The maximum atomic E-state index is 5.01. The summed E-state index contributed by atoms with van der Waals surface area (Å²) in [4.78, 5) is 9.86. The largest absolute Gasteiger partial charge is 0.289 e. The fraction of sp³-hybridized carbons (Fsp3) is 1.00. The lowest BCUT2D eigenvalue weighted by Gasteiger charge is -2.21. The fourth-order valence-corrected chi connectivity index (χ4v) is 1.08. The smallest absolute Gasteiger partial charge is 0.143 e. The zero-order valence-corrected chi connectivity index (χ0v) is 7.14. The van der Waals surface area contributed by atoms with Gasteiger partial charge in [0.05, 0.1) is 6.61 Å². The van der Waals surface area contributed by atoms with Crippen LogP contribution in [-0.2, 0) is 9.78 Å². The number of hydrogen-bond donors (Lipinski definition) is 1. The van der Waals surface area contributed by atoms with Gasteiger partial charge in [0.1, 0.15) is 6.23 Å². The van der Waals surface area contributed by atoms with Crippen molar-refractivity contribution in [1.82, 2.24) is 5.32 Å². The molecule has 0 bridgehead atoms. The van der Waals surface area contributed by atoms with Crippen LogP contribution in [-0.4, -0.2) is 19.4 Å². The molecule has 0 aromatic carbocycles. The van der Waals surface area contributed by atoms with E-state index >= 15 is 0 Å². The maximum absolute atomic E-state index is 5.01. The average Bonchev–Trinajstić information content (AvgIpc) is 2.07. The number of hydrogen-bond acceptors (Lipinski definition) is 3. The quantitative estimate of drug-likeness (QED) is 0.497. The third kappa shape index (κ3) is 3.70. The first kappa shape index (κ1) is 8.97. The Morgan fingerprint density at radius 3 is 3.09 bits per heavy atom. The molecule has 3 nitrogen and oxygen atoms in total. The Bertz CT molecular complexity index is 92.1. The summed E-state index contributed by atoms with van der Waals surface area (Å²) in [5.41, 5.74) is 0. The summed E-state index contributed by atoms with van der Waals surface area (Å²) in [5.74, 6) is 0. The molecule has 0 aliphatic carbocycles. The Labute approximate surface area is 68.0 Å². The van der Waals surface area contributed by atoms with E-state index in [0.29, 0.717) is 0 Å². The van der Waals surface area contributed by atoms with Gasteiger partial charge in [-0.2, -0.15) is 0 Å². The maximum Gasteiger partial charge on any atom is 0.143 e. The molecule has 3 heteroatoms. The molecule has 1 heterocycles. The van der Waals surface area contributed by atoms with Gasteiger partial charge in [-0.15, -0.1) is 0 Å². The Morgan fingerprint density at radius 2 is 2.45 bits per heavy atom. The minimum Gasteiger partial charge on any atom is -0.289 e. The van der Waals surface area contributed by atoms with Crippen molar-refractivity contribution in [2.45, 2.75) is 38.8 Å². The van der Waals surface area contributed by atoms with E-state index in [1.54, 1.807) is 0 Å². The van der Waals surface area contributed by atoms with Gasteiger partial charge in [-0.1, -0.05) is 13.3 Å². The summed E-state index contributed by atoms with van der Waals surface area (Å²) in [6.45, 7) is 3.95. The van der Waals surface area contributed by atoms with Crippen molar-refractivity contribution in [2.75, 3.05) is 13.2 Å². The Hall–Kier alpha value is -0.120. The van der Waals surface area contributed by atoms with Crippen LogP contribution in [0.15, 0.2) is 0 Å². The summed E-state index contributed by atoms with van der Waals surface area (Å²) < 4.78 is 0. The van der Waals surface area contributed by atoms with E-state index in [0.717, 1.165) is 26.0 Å². The van der Waals surface area contributed by atoms with Crippen LogP contribution in [0.4, 0.5) is 0 Å². The summed E-state index contributed by atoms with van der Waals surface area (Å²) in [7, 11) is 0. The first-order valence-corrected chi connectivity index (χ1v) is 4.45. The van der Waals surface area contributed by atoms with Crippen molar-refractivity contribution in [2.24, 2.45) is 0 Å². The van der Waals surface area contributed by atoms with Crippen LogP contribution in [0.1, 0.15) is 32.6 Å². The number of nitrogens with one attached hydrogen (secondary N) is 1. The van der Waals surface area contributed by atoms with E-state index in [1.165, 1.54) is 12.8 Å². The lowest BCUT2D eigenvalue weighted by atomic mass is 10.2. The molecule has 0 radical (unpaired) electrons.